The van der Waals surface area contributed by atoms with E-state index in [0.29, 0.717) is 11.8 Å². The number of hydrogen-bond acceptors (Lipinski definition) is 5. The molecule has 1 atom stereocenters. The predicted octanol–water partition coefficient (Wildman–Crippen LogP) is 4.18. The minimum absolute atomic E-state index is 0.0520. The number of carbonyl (C=O) groups excluding carboxylic acids is 1. The SMILES string of the molecule is Cc1cc(-c2[nH]c3ccc(C4CCN(C(=O)C[C@H](C)O)CC4)cc3c2C(C)C)cn2nnnc12. The van der Waals surface area contributed by atoms with Gasteiger partial charge in [-0.2, -0.15) is 4.52 Å². The van der Waals surface area contributed by atoms with Crippen molar-refractivity contribution in [2.24, 2.45) is 0 Å². The molecule has 0 unspecified atom stereocenters. The zero-order chi connectivity index (χ0) is 24.0. The average molecular weight is 461 g/mol. The van der Waals surface area contributed by atoms with Crippen molar-refractivity contribution in [3.8, 4) is 11.3 Å². The molecule has 0 saturated carbocycles. The molecule has 8 heteroatoms. The number of aliphatic hydroxyl groups is 1. The lowest BCUT2D eigenvalue weighted by atomic mass is 9.87. The Labute approximate surface area is 199 Å². The minimum Gasteiger partial charge on any atom is -0.393 e. The van der Waals surface area contributed by atoms with Gasteiger partial charge in [-0.3, -0.25) is 4.79 Å². The molecule has 5 rings (SSSR count). The smallest absolute Gasteiger partial charge is 0.225 e. The molecule has 0 spiro atoms. The predicted molar refractivity (Wildman–Crippen MR) is 132 cm³/mol. The summed E-state index contributed by atoms with van der Waals surface area (Å²) in [7, 11) is 0. The number of aliphatic hydroxyl groups excluding tert-OH is 1. The fourth-order valence-corrected chi connectivity index (χ4v) is 5.30. The van der Waals surface area contributed by atoms with Crippen molar-refractivity contribution in [2.45, 2.75) is 64.9 Å². The highest BCUT2D eigenvalue weighted by atomic mass is 16.3. The number of rotatable bonds is 5. The summed E-state index contributed by atoms with van der Waals surface area (Å²) in [6.07, 6.45) is 3.49. The van der Waals surface area contributed by atoms with Crippen molar-refractivity contribution in [1.29, 1.82) is 0 Å². The van der Waals surface area contributed by atoms with Crippen LogP contribution >= 0.6 is 0 Å². The van der Waals surface area contributed by atoms with E-state index in [2.05, 4.69) is 58.6 Å². The van der Waals surface area contributed by atoms with Crippen LogP contribution in [0.5, 0.6) is 0 Å². The zero-order valence-corrected chi connectivity index (χ0v) is 20.2. The Bertz CT molecular complexity index is 1340. The number of fused-ring (bicyclic) bond motifs is 2. The van der Waals surface area contributed by atoms with Crippen LogP contribution in [0.15, 0.2) is 30.5 Å². The van der Waals surface area contributed by atoms with Crippen LogP contribution < -0.4 is 0 Å². The molecule has 8 nitrogen and oxygen atoms in total. The number of aryl methyl sites for hydroxylation is 1. The number of likely N-dealkylation sites (tertiary alicyclic amines) is 1. The number of aromatic amines is 1. The van der Waals surface area contributed by atoms with Crippen LogP contribution in [0.4, 0.5) is 0 Å². The van der Waals surface area contributed by atoms with Crippen molar-refractivity contribution in [1.82, 2.24) is 29.9 Å². The molecule has 0 aliphatic carbocycles. The Morgan fingerprint density at radius 3 is 2.68 bits per heavy atom. The number of nitrogens with zero attached hydrogens (tertiary/aromatic N) is 5. The van der Waals surface area contributed by atoms with Gasteiger partial charge in [0.25, 0.3) is 0 Å². The first kappa shape index (κ1) is 22.5. The first-order valence-electron chi connectivity index (χ1n) is 12.1. The molecule has 34 heavy (non-hydrogen) atoms. The fourth-order valence-electron chi connectivity index (χ4n) is 5.30. The van der Waals surface area contributed by atoms with Gasteiger partial charge in [0.2, 0.25) is 5.91 Å². The second kappa shape index (κ2) is 8.83. The molecular formula is C26H32N6O2. The zero-order valence-electron chi connectivity index (χ0n) is 20.2. The van der Waals surface area contributed by atoms with Crippen molar-refractivity contribution < 1.29 is 9.90 Å². The van der Waals surface area contributed by atoms with Gasteiger partial charge >= 0.3 is 0 Å². The molecule has 1 aliphatic heterocycles. The van der Waals surface area contributed by atoms with Crippen LogP contribution in [0.25, 0.3) is 27.8 Å². The van der Waals surface area contributed by atoms with Gasteiger partial charge in [-0.05, 0) is 83.8 Å². The molecular weight excluding hydrogens is 428 g/mol. The fraction of sp³-hybridized carbons (Fsp3) is 0.462. The summed E-state index contributed by atoms with van der Waals surface area (Å²) in [5.74, 6) is 0.818. The highest BCUT2D eigenvalue weighted by molar-refractivity contribution is 5.92. The number of nitrogens with one attached hydrogen (secondary N) is 1. The molecule has 1 saturated heterocycles. The third kappa shape index (κ3) is 4.07. The lowest BCUT2D eigenvalue weighted by Gasteiger charge is -2.32. The van der Waals surface area contributed by atoms with Gasteiger partial charge in [0.1, 0.15) is 0 Å². The van der Waals surface area contributed by atoms with E-state index in [1.807, 2.05) is 18.0 Å². The largest absolute Gasteiger partial charge is 0.393 e. The number of piperidine rings is 1. The van der Waals surface area contributed by atoms with E-state index in [4.69, 9.17) is 0 Å². The van der Waals surface area contributed by atoms with Crippen molar-refractivity contribution >= 4 is 22.5 Å². The summed E-state index contributed by atoms with van der Waals surface area (Å²) in [6, 6.07) is 8.89. The van der Waals surface area contributed by atoms with Crippen molar-refractivity contribution in [2.75, 3.05) is 13.1 Å². The van der Waals surface area contributed by atoms with Crippen LogP contribution in [0.2, 0.25) is 0 Å². The van der Waals surface area contributed by atoms with Crippen molar-refractivity contribution in [3.05, 3.63) is 47.2 Å². The standard InChI is InChI=1S/C26H32N6O2/c1-15(2)24-21-13-19(18-7-9-31(10-8-18)23(34)12-17(4)33)5-6-22(21)27-25(24)20-11-16(3)26-28-29-30-32(26)14-20/h5-6,11,13-15,17-18,27,33H,7-10,12H2,1-4H3/t17-/m0/s1. The molecule has 4 heterocycles. The van der Waals surface area contributed by atoms with Gasteiger partial charge in [-0.1, -0.05) is 19.9 Å². The monoisotopic (exact) mass is 460 g/mol. The second-order valence-electron chi connectivity index (χ2n) is 9.94. The molecule has 2 N–H and O–H groups in total. The highest BCUT2D eigenvalue weighted by Crippen LogP contribution is 2.38. The summed E-state index contributed by atoms with van der Waals surface area (Å²) >= 11 is 0. The Balaban J connectivity index is 1.47. The first-order valence-corrected chi connectivity index (χ1v) is 12.1. The molecule has 4 aromatic rings. The maximum absolute atomic E-state index is 12.3. The van der Waals surface area contributed by atoms with Gasteiger partial charge in [0.05, 0.1) is 18.2 Å². The normalized spacial score (nSPS) is 16.1. The number of benzene rings is 1. The maximum Gasteiger partial charge on any atom is 0.225 e. The number of carbonyl (C=O) groups is 1. The number of tetrazole rings is 1. The van der Waals surface area contributed by atoms with Crippen LogP contribution in [0.1, 0.15) is 68.6 Å². The molecule has 0 radical (unpaired) electrons. The molecule has 1 aliphatic rings. The number of H-pyrrole nitrogens is 1. The third-order valence-corrected chi connectivity index (χ3v) is 7.00. The molecule has 1 amide bonds. The Morgan fingerprint density at radius 2 is 1.97 bits per heavy atom. The maximum atomic E-state index is 12.3. The third-order valence-electron chi connectivity index (χ3n) is 7.00. The molecule has 1 fully saturated rings. The van der Waals surface area contributed by atoms with E-state index < -0.39 is 6.10 Å². The summed E-state index contributed by atoms with van der Waals surface area (Å²) in [5, 5.41) is 22.8. The quantitative estimate of drug-likeness (QED) is 0.465. The minimum atomic E-state index is -0.588. The summed E-state index contributed by atoms with van der Waals surface area (Å²) < 4.78 is 1.73. The molecule has 1 aromatic carbocycles. The van der Waals surface area contributed by atoms with E-state index in [9.17, 15) is 9.90 Å². The number of aromatic nitrogens is 5. The Kier molecular flexibility index (Phi) is 5.85. The summed E-state index contributed by atoms with van der Waals surface area (Å²) in [5.41, 5.74) is 7.74. The molecule has 0 bridgehead atoms. The number of pyridine rings is 1. The van der Waals surface area contributed by atoms with Gasteiger partial charge in [0.15, 0.2) is 5.65 Å². The number of amides is 1. The van der Waals surface area contributed by atoms with Gasteiger partial charge in [-0.15, -0.1) is 5.10 Å². The van der Waals surface area contributed by atoms with Gasteiger partial charge in [-0.25, -0.2) is 0 Å². The topological polar surface area (TPSA) is 99.4 Å². The summed E-state index contributed by atoms with van der Waals surface area (Å²) in [6.45, 7) is 9.65. The van der Waals surface area contributed by atoms with E-state index in [1.54, 1.807) is 11.4 Å². The van der Waals surface area contributed by atoms with E-state index in [0.717, 1.165) is 53.9 Å². The van der Waals surface area contributed by atoms with Crippen LogP contribution in [0, 0.1) is 6.92 Å². The van der Waals surface area contributed by atoms with Gasteiger partial charge in [0, 0.05) is 35.8 Å². The van der Waals surface area contributed by atoms with Crippen LogP contribution in [0.3, 0.4) is 0 Å². The lowest BCUT2D eigenvalue weighted by molar-refractivity contribution is -0.134. The second-order valence-corrected chi connectivity index (χ2v) is 9.94. The van der Waals surface area contributed by atoms with Gasteiger partial charge < -0.3 is 15.0 Å². The lowest BCUT2D eigenvalue weighted by Crippen LogP contribution is -2.39. The van der Waals surface area contributed by atoms with E-state index in [1.165, 1.54) is 16.5 Å². The number of hydrogen-bond donors (Lipinski definition) is 2. The van der Waals surface area contributed by atoms with E-state index >= 15 is 0 Å². The van der Waals surface area contributed by atoms with Crippen LogP contribution in [-0.4, -0.2) is 60.1 Å². The first-order chi connectivity index (χ1) is 16.3. The Hall–Kier alpha value is -3.26. The molecule has 178 valence electrons. The average Bonchev–Trinajstić information content (AvgIpc) is 3.43. The van der Waals surface area contributed by atoms with Crippen molar-refractivity contribution in [3.63, 3.8) is 0 Å². The molecule has 3 aromatic heterocycles. The highest BCUT2D eigenvalue weighted by Gasteiger charge is 2.25. The Morgan fingerprint density at radius 1 is 1.21 bits per heavy atom. The van der Waals surface area contributed by atoms with E-state index in [-0.39, 0.29) is 12.3 Å². The van der Waals surface area contributed by atoms with Crippen LogP contribution in [-0.2, 0) is 4.79 Å². The summed E-state index contributed by atoms with van der Waals surface area (Å²) in [4.78, 5) is 17.9.